The van der Waals surface area contributed by atoms with Crippen LogP contribution < -0.4 is 10.9 Å². The normalized spacial score (nSPS) is 34.4. The molecule has 0 unspecified atom stereocenters. The van der Waals surface area contributed by atoms with Crippen molar-refractivity contribution in [2.75, 3.05) is 6.54 Å². The molecule has 0 amide bonds. The number of aryl methyl sites for hydroxylation is 1. The van der Waals surface area contributed by atoms with E-state index in [0.717, 1.165) is 77.6 Å². The van der Waals surface area contributed by atoms with Crippen molar-refractivity contribution in [3.05, 3.63) is 92.9 Å². The SMILES string of the molecule is C=C1CC[C@H]2[C@@H]3CC[C@H]4C[C@@]5(CC[C@]4(C)[C@H]3CC[C@]12C)NCCc1c5c(=O)oc2cc(CC(=O)CCc3ccc(C4(C(F)(F)F)N=N4)cc3)ccc12. The Morgan fingerprint density at radius 2 is 1.73 bits per heavy atom. The van der Waals surface area contributed by atoms with Gasteiger partial charge in [-0.3, -0.25) is 4.79 Å². The average molecular weight is 712 g/mol. The molecule has 0 bridgehead atoms. The second kappa shape index (κ2) is 11.7. The number of nitrogens with one attached hydrogen (secondary N) is 1. The first-order chi connectivity index (χ1) is 24.8. The predicted molar refractivity (Wildman–Crippen MR) is 193 cm³/mol. The highest BCUT2D eigenvalue weighted by molar-refractivity contribution is 5.86. The van der Waals surface area contributed by atoms with Crippen molar-refractivity contribution in [1.82, 2.24) is 5.32 Å². The first-order valence-corrected chi connectivity index (χ1v) is 19.4. The predicted octanol–water partition coefficient (Wildman–Crippen LogP) is 9.66. The molecule has 0 saturated heterocycles. The molecule has 0 radical (unpaired) electrons. The van der Waals surface area contributed by atoms with Gasteiger partial charge in [-0.15, -0.1) is 10.2 Å². The summed E-state index contributed by atoms with van der Waals surface area (Å²) in [5.41, 5.74) is 3.03. The van der Waals surface area contributed by atoms with Gasteiger partial charge in [0.05, 0.1) is 11.1 Å². The Morgan fingerprint density at radius 1 is 0.962 bits per heavy atom. The highest BCUT2D eigenvalue weighted by atomic mass is 19.4. The van der Waals surface area contributed by atoms with Gasteiger partial charge in [0.15, 0.2) is 0 Å². The van der Waals surface area contributed by atoms with Crippen LogP contribution >= 0.6 is 0 Å². The van der Waals surface area contributed by atoms with Crippen molar-refractivity contribution in [3.63, 3.8) is 0 Å². The molecule has 7 atom stereocenters. The molecule has 52 heavy (non-hydrogen) atoms. The molecule has 9 rings (SSSR count). The Bertz CT molecular complexity index is 2060. The summed E-state index contributed by atoms with van der Waals surface area (Å²) in [4.78, 5) is 27.0. The van der Waals surface area contributed by atoms with E-state index in [0.29, 0.717) is 28.8 Å². The van der Waals surface area contributed by atoms with Crippen LogP contribution in [0.3, 0.4) is 0 Å². The molecule has 3 heterocycles. The molecule has 2 aromatic carbocycles. The van der Waals surface area contributed by atoms with Crippen molar-refractivity contribution in [2.45, 2.75) is 115 Å². The number of carbonyl (C=O) groups is 1. The van der Waals surface area contributed by atoms with Crippen LogP contribution in [0.2, 0.25) is 0 Å². The van der Waals surface area contributed by atoms with Crippen molar-refractivity contribution in [3.8, 4) is 0 Å². The molecule has 1 aromatic heterocycles. The molecule has 6 nitrogen and oxygen atoms in total. The van der Waals surface area contributed by atoms with E-state index in [-0.39, 0.29) is 35.4 Å². The third kappa shape index (κ3) is 5.07. The third-order valence-electron chi connectivity index (χ3n) is 15.2. The van der Waals surface area contributed by atoms with Crippen molar-refractivity contribution in [2.24, 2.45) is 44.7 Å². The van der Waals surface area contributed by atoms with Gasteiger partial charge in [0.2, 0.25) is 0 Å². The van der Waals surface area contributed by atoms with Crippen LogP contribution in [0.1, 0.15) is 106 Å². The summed E-state index contributed by atoms with van der Waals surface area (Å²) < 4.78 is 46.1. The largest absolute Gasteiger partial charge is 0.442 e. The number of ketones is 1. The van der Waals surface area contributed by atoms with Gasteiger partial charge < -0.3 is 9.73 Å². The molecular formula is C43H48F3N3O3. The van der Waals surface area contributed by atoms with Gasteiger partial charge in [0.1, 0.15) is 11.4 Å². The molecule has 1 spiro atoms. The molecule has 2 aliphatic heterocycles. The minimum absolute atomic E-state index is 0.00581. The fraction of sp³-hybridized carbons (Fsp3) is 0.581. The van der Waals surface area contributed by atoms with E-state index in [9.17, 15) is 22.8 Å². The van der Waals surface area contributed by atoms with E-state index >= 15 is 0 Å². The summed E-state index contributed by atoms with van der Waals surface area (Å²) in [5.74, 6) is 2.88. The Labute approximate surface area is 302 Å². The van der Waals surface area contributed by atoms with Crippen LogP contribution in [0.25, 0.3) is 11.0 Å². The van der Waals surface area contributed by atoms with Crippen molar-refractivity contribution in [1.29, 1.82) is 0 Å². The molecule has 4 aliphatic carbocycles. The summed E-state index contributed by atoms with van der Waals surface area (Å²) in [6.45, 7) is 10.4. The van der Waals surface area contributed by atoms with E-state index in [1.807, 2.05) is 18.2 Å². The molecule has 1 N–H and O–H groups in total. The minimum atomic E-state index is -4.57. The molecule has 4 saturated carbocycles. The van der Waals surface area contributed by atoms with Crippen LogP contribution in [0, 0.1) is 34.5 Å². The Hall–Kier alpha value is -3.59. The number of alkyl halides is 3. The Morgan fingerprint density at radius 3 is 2.48 bits per heavy atom. The summed E-state index contributed by atoms with van der Waals surface area (Å²) in [5, 5.41) is 11.3. The van der Waals surface area contributed by atoms with Crippen LogP contribution in [0.4, 0.5) is 13.2 Å². The average Bonchev–Trinajstić information content (AvgIpc) is 3.88. The number of fused-ring (bicyclic) bond motifs is 9. The zero-order valence-electron chi connectivity index (χ0n) is 30.2. The van der Waals surface area contributed by atoms with Gasteiger partial charge in [-0.25, -0.2) is 4.79 Å². The second-order valence-corrected chi connectivity index (χ2v) is 17.6. The lowest BCUT2D eigenvalue weighted by atomic mass is 9.43. The molecule has 3 aromatic rings. The molecule has 6 aliphatic rings. The first kappa shape index (κ1) is 34.2. The molecule has 4 fully saturated rings. The number of rotatable bonds is 6. The third-order valence-corrected chi connectivity index (χ3v) is 15.2. The van der Waals surface area contributed by atoms with Gasteiger partial charge in [0, 0.05) is 30.3 Å². The maximum atomic E-state index is 14.0. The number of hydrogen-bond donors (Lipinski definition) is 1. The number of benzene rings is 2. The lowest BCUT2D eigenvalue weighted by Gasteiger charge is -2.62. The summed E-state index contributed by atoms with van der Waals surface area (Å²) in [6, 6.07) is 11.8. The van der Waals surface area contributed by atoms with Gasteiger partial charge in [-0.05, 0) is 128 Å². The highest BCUT2D eigenvalue weighted by Crippen LogP contribution is 2.68. The summed E-state index contributed by atoms with van der Waals surface area (Å²) >= 11 is 0. The van der Waals surface area contributed by atoms with Gasteiger partial charge >= 0.3 is 17.5 Å². The topological polar surface area (TPSA) is 84.0 Å². The monoisotopic (exact) mass is 711 g/mol. The van der Waals surface area contributed by atoms with E-state index in [2.05, 4.69) is 36.0 Å². The van der Waals surface area contributed by atoms with Crippen molar-refractivity contribution >= 4 is 16.8 Å². The number of hydrogen-bond acceptors (Lipinski definition) is 6. The molecular weight excluding hydrogens is 663 g/mol. The van der Waals surface area contributed by atoms with Crippen molar-refractivity contribution < 1.29 is 22.4 Å². The van der Waals surface area contributed by atoms with Gasteiger partial charge in [0.25, 0.3) is 0 Å². The van der Waals surface area contributed by atoms with E-state index in [1.165, 1.54) is 56.2 Å². The van der Waals surface area contributed by atoms with E-state index in [4.69, 9.17) is 4.42 Å². The maximum Gasteiger partial charge on any atom is 0.442 e. The smallest absolute Gasteiger partial charge is 0.422 e. The van der Waals surface area contributed by atoms with Crippen LogP contribution in [0.15, 0.2) is 74.1 Å². The Balaban J connectivity index is 0.900. The maximum absolute atomic E-state index is 14.0. The van der Waals surface area contributed by atoms with Gasteiger partial charge in [-0.1, -0.05) is 62.4 Å². The fourth-order valence-corrected chi connectivity index (χ4v) is 12.2. The number of nitrogens with zero attached hydrogens (tertiary/aromatic N) is 2. The molecule has 9 heteroatoms. The van der Waals surface area contributed by atoms with E-state index in [1.54, 1.807) is 12.1 Å². The van der Waals surface area contributed by atoms with Crippen LogP contribution in [0.5, 0.6) is 0 Å². The number of Topliss-reactive ketones (excluding diaryl/α,β-unsaturated/α-hetero) is 1. The highest BCUT2D eigenvalue weighted by Gasteiger charge is 2.65. The first-order valence-electron chi connectivity index (χ1n) is 19.4. The second-order valence-electron chi connectivity index (χ2n) is 17.6. The summed E-state index contributed by atoms with van der Waals surface area (Å²) in [6.07, 6.45) is 7.67. The lowest BCUT2D eigenvalue weighted by molar-refractivity contribution is -0.166. The quantitative estimate of drug-likeness (QED) is 0.204. The standard InChI is InChI=1S/C43H48F3N3O3/c1-25-4-15-34-33-14-11-29-24-41(20-19-40(29,3)35(33)16-18-39(25,34)2)37-32(17-21-47-41)31-13-8-27(23-36(31)52-38(37)51)22-30(50)12-7-26-5-9-28(10-6-26)42(48-49-42)43(44,45)46/h5-6,8-10,13,23,29,33-35,47H,1,4,7,11-12,14-22,24H2,2-3H3/t29-,33-,34-,35-,39+,40-,41+/m0/s1. The molecule has 274 valence electrons. The Kier molecular flexibility index (Phi) is 7.70. The zero-order valence-corrected chi connectivity index (χ0v) is 30.2. The minimum Gasteiger partial charge on any atom is -0.422 e. The van der Waals surface area contributed by atoms with Gasteiger partial charge in [-0.2, -0.15) is 13.2 Å². The number of halogens is 3. The van der Waals surface area contributed by atoms with Crippen LogP contribution in [-0.2, 0) is 35.3 Å². The lowest BCUT2D eigenvalue weighted by Crippen LogP contribution is -2.60. The number of carbonyl (C=O) groups excluding carboxylic acids is 1. The zero-order chi connectivity index (χ0) is 36.3. The summed E-state index contributed by atoms with van der Waals surface area (Å²) in [7, 11) is 0. The number of allylic oxidation sites excluding steroid dienone is 1. The van der Waals surface area contributed by atoms with Crippen LogP contribution in [-0.4, -0.2) is 18.5 Å². The fourth-order valence-electron chi connectivity index (χ4n) is 12.2. The van der Waals surface area contributed by atoms with E-state index < -0.39 is 11.8 Å².